The first-order valence-corrected chi connectivity index (χ1v) is 7.07. The van der Waals surface area contributed by atoms with Crippen molar-refractivity contribution in [2.45, 2.75) is 58.8 Å². The van der Waals surface area contributed by atoms with Gasteiger partial charge < -0.3 is 11.1 Å². The molecule has 1 rings (SSSR count). The minimum atomic E-state index is 0.227. The van der Waals surface area contributed by atoms with Crippen LogP contribution in [0.15, 0.2) is 0 Å². The molecular weight excluding hydrogens is 212 g/mol. The van der Waals surface area contributed by atoms with E-state index in [4.69, 9.17) is 5.73 Å². The van der Waals surface area contributed by atoms with E-state index in [0.717, 1.165) is 38.8 Å². The Morgan fingerprint density at radius 1 is 1.24 bits per heavy atom. The molecule has 3 nitrogen and oxygen atoms in total. The fourth-order valence-corrected chi connectivity index (χ4v) is 2.27. The molecule has 1 aliphatic rings. The molecule has 0 aromatic carbocycles. The molecule has 0 aromatic heterocycles. The van der Waals surface area contributed by atoms with Gasteiger partial charge in [0.1, 0.15) is 0 Å². The smallest absolute Gasteiger partial charge is 0.220 e. The molecule has 0 atom stereocenters. The van der Waals surface area contributed by atoms with Gasteiger partial charge in [-0.2, -0.15) is 0 Å². The van der Waals surface area contributed by atoms with Gasteiger partial charge >= 0.3 is 0 Å². The average molecular weight is 240 g/mol. The molecule has 0 heterocycles. The molecule has 1 aliphatic carbocycles. The summed E-state index contributed by atoms with van der Waals surface area (Å²) in [4.78, 5) is 11.6. The third-order valence-corrected chi connectivity index (χ3v) is 4.11. The van der Waals surface area contributed by atoms with E-state index < -0.39 is 0 Å². The molecule has 3 N–H and O–H groups in total. The minimum absolute atomic E-state index is 0.227. The third kappa shape index (κ3) is 5.07. The Morgan fingerprint density at radius 3 is 2.41 bits per heavy atom. The summed E-state index contributed by atoms with van der Waals surface area (Å²) in [5.74, 6) is 0.914. The van der Waals surface area contributed by atoms with E-state index in [2.05, 4.69) is 19.2 Å². The molecule has 0 radical (unpaired) electrons. The fourth-order valence-electron chi connectivity index (χ4n) is 2.27. The van der Waals surface area contributed by atoms with Gasteiger partial charge in [0.2, 0.25) is 5.91 Å². The zero-order valence-corrected chi connectivity index (χ0v) is 11.4. The highest BCUT2D eigenvalue weighted by Crippen LogP contribution is 2.51. The highest BCUT2D eigenvalue weighted by Gasteiger charge is 2.45. The van der Waals surface area contributed by atoms with E-state index in [1.165, 1.54) is 12.8 Å². The predicted molar refractivity (Wildman–Crippen MR) is 71.7 cm³/mol. The van der Waals surface area contributed by atoms with Crippen LogP contribution in [0.25, 0.3) is 0 Å². The first kappa shape index (κ1) is 14.5. The van der Waals surface area contributed by atoms with E-state index in [0.29, 0.717) is 17.8 Å². The number of unbranched alkanes of at least 4 members (excludes halogenated alkanes) is 3. The van der Waals surface area contributed by atoms with Gasteiger partial charge in [-0.05, 0) is 43.6 Å². The molecule has 1 saturated carbocycles. The second-order valence-electron chi connectivity index (χ2n) is 5.75. The Morgan fingerprint density at radius 2 is 1.88 bits per heavy atom. The van der Waals surface area contributed by atoms with E-state index in [1.807, 2.05) is 0 Å². The van der Waals surface area contributed by atoms with Crippen LogP contribution in [0.3, 0.4) is 0 Å². The van der Waals surface area contributed by atoms with Crippen molar-refractivity contribution >= 4 is 5.91 Å². The van der Waals surface area contributed by atoms with Crippen molar-refractivity contribution in [3.8, 4) is 0 Å². The van der Waals surface area contributed by atoms with Crippen LogP contribution in [-0.2, 0) is 4.79 Å². The van der Waals surface area contributed by atoms with Crippen LogP contribution in [0.4, 0.5) is 0 Å². The summed E-state index contributed by atoms with van der Waals surface area (Å²) < 4.78 is 0. The van der Waals surface area contributed by atoms with Crippen LogP contribution in [0.5, 0.6) is 0 Å². The van der Waals surface area contributed by atoms with Crippen LogP contribution >= 0.6 is 0 Å². The van der Waals surface area contributed by atoms with Crippen molar-refractivity contribution in [1.82, 2.24) is 5.32 Å². The molecule has 0 aromatic rings. The maximum absolute atomic E-state index is 11.6. The maximum atomic E-state index is 11.6. The second-order valence-corrected chi connectivity index (χ2v) is 5.75. The first-order chi connectivity index (χ1) is 8.10. The fraction of sp³-hybridized carbons (Fsp3) is 0.929. The van der Waals surface area contributed by atoms with Crippen LogP contribution in [0.2, 0.25) is 0 Å². The summed E-state index contributed by atoms with van der Waals surface area (Å²) >= 11 is 0. The number of hydrogen-bond donors (Lipinski definition) is 2. The Kier molecular flexibility index (Phi) is 5.96. The van der Waals surface area contributed by atoms with Crippen molar-refractivity contribution in [3.63, 3.8) is 0 Å². The second kappa shape index (κ2) is 7.00. The molecular formula is C14H28N2O. The predicted octanol–water partition coefficient (Wildman–Crippen LogP) is 2.45. The zero-order chi connectivity index (χ0) is 12.7. The number of carbonyl (C=O) groups excluding carboxylic acids is 1. The summed E-state index contributed by atoms with van der Waals surface area (Å²) in [7, 11) is 0. The number of nitrogens with two attached hydrogens (primary N) is 1. The lowest BCUT2D eigenvalue weighted by Crippen LogP contribution is -2.32. The van der Waals surface area contributed by atoms with Crippen molar-refractivity contribution in [3.05, 3.63) is 0 Å². The first-order valence-electron chi connectivity index (χ1n) is 7.07. The summed E-state index contributed by atoms with van der Waals surface area (Å²) in [5.41, 5.74) is 5.85. The Labute approximate surface area is 106 Å². The number of nitrogens with one attached hydrogen (secondary N) is 1. The van der Waals surface area contributed by atoms with Gasteiger partial charge in [-0.3, -0.25) is 4.79 Å². The summed E-state index contributed by atoms with van der Waals surface area (Å²) in [6.07, 6.45) is 7.60. The largest absolute Gasteiger partial charge is 0.356 e. The monoisotopic (exact) mass is 240 g/mol. The van der Waals surface area contributed by atoms with E-state index in [9.17, 15) is 4.79 Å². The highest BCUT2D eigenvalue weighted by atomic mass is 16.1. The SMILES string of the molecule is CC(C)C1(CNC(=O)CCCCCCN)CC1. The molecule has 0 spiro atoms. The quantitative estimate of drug-likeness (QED) is 0.608. The normalized spacial score (nSPS) is 17.2. The van der Waals surface area contributed by atoms with Crippen LogP contribution < -0.4 is 11.1 Å². The standard InChI is InChI=1S/C14H28N2O/c1-12(2)14(8-9-14)11-16-13(17)7-5-3-4-6-10-15/h12H,3-11,15H2,1-2H3,(H,16,17). The Bertz CT molecular complexity index is 234. The van der Waals surface area contributed by atoms with Gasteiger partial charge in [0, 0.05) is 13.0 Å². The Hall–Kier alpha value is -0.570. The zero-order valence-electron chi connectivity index (χ0n) is 11.4. The lowest BCUT2D eigenvalue weighted by atomic mass is 9.92. The topological polar surface area (TPSA) is 55.1 Å². The maximum Gasteiger partial charge on any atom is 0.220 e. The van der Waals surface area contributed by atoms with Gasteiger partial charge in [-0.25, -0.2) is 0 Å². The van der Waals surface area contributed by atoms with Crippen molar-refractivity contribution in [2.24, 2.45) is 17.1 Å². The summed E-state index contributed by atoms with van der Waals surface area (Å²) in [6, 6.07) is 0. The summed E-state index contributed by atoms with van der Waals surface area (Å²) in [5, 5.41) is 3.09. The molecule has 0 unspecified atom stereocenters. The third-order valence-electron chi connectivity index (χ3n) is 4.11. The van der Waals surface area contributed by atoms with Crippen LogP contribution in [0.1, 0.15) is 58.8 Å². The lowest BCUT2D eigenvalue weighted by Gasteiger charge is -2.19. The van der Waals surface area contributed by atoms with Gasteiger partial charge in [0.25, 0.3) is 0 Å². The molecule has 3 heteroatoms. The van der Waals surface area contributed by atoms with Gasteiger partial charge in [0.05, 0.1) is 0 Å². The molecule has 0 aliphatic heterocycles. The van der Waals surface area contributed by atoms with E-state index in [-0.39, 0.29) is 5.91 Å². The van der Waals surface area contributed by atoms with Crippen LogP contribution in [-0.4, -0.2) is 19.0 Å². The molecule has 100 valence electrons. The van der Waals surface area contributed by atoms with Crippen molar-refractivity contribution < 1.29 is 4.79 Å². The minimum Gasteiger partial charge on any atom is -0.356 e. The molecule has 0 saturated heterocycles. The van der Waals surface area contributed by atoms with Gasteiger partial charge in [-0.1, -0.05) is 26.7 Å². The number of hydrogen-bond acceptors (Lipinski definition) is 2. The van der Waals surface area contributed by atoms with Crippen LogP contribution in [0, 0.1) is 11.3 Å². The molecule has 1 amide bonds. The van der Waals surface area contributed by atoms with Gasteiger partial charge in [0.15, 0.2) is 0 Å². The van der Waals surface area contributed by atoms with E-state index in [1.54, 1.807) is 0 Å². The highest BCUT2D eigenvalue weighted by molar-refractivity contribution is 5.75. The van der Waals surface area contributed by atoms with E-state index >= 15 is 0 Å². The number of rotatable bonds is 9. The molecule has 1 fully saturated rings. The number of amides is 1. The van der Waals surface area contributed by atoms with Crippen molar-refractivity contribution in [2.75, 3.05) is 13.1 Å². The lowest BCUT2D eigenvalue weighted by molar-refractivity contribution is -0.121. The number of carbonyl (C=O) groups is 1. The van der Waals surface area contributed by atoms with Crippen molar-refractivity contribution in [1.29, 1.82) is 0 Å². The summed E-state index contributed by atoms with van der Waals surface area (Å²) in [6.45, 7) is 6.16. The Balaban J connectivity index is 2.02. The average Bonchev–Trinajstić information content (AvgIpc) is 3.07. The van der Waals surface area contributed by atoms with Gasteiger partial charge in [-0.15, -0.1) is 0 Å². The molecule has 0 bridgehead atoms. The molecule has 17 heavy (non-hydrogen) atoms.